The molecule has 0 aromatic rings. The molecule has 0 radical (unpaired) electrons. The van der Waals surface area contributed by atoms with Gasteiger partial charge in [0.1, 0.15) is 0 Å². The largest absolute Gasteiger partial charge is 0.481 e. The van der Waals surface area contributed by atoms with Crippen molar-refractivity contribution in [2.24, 2.45) is 11.8 Å². The zero-order valence-corrected chi connectivity index (χ0v) is 7.79. The molecule has 0 spiro atoms. The van der Waals surface area contributed by atoms with E-state index in [-0.39, 0.29) is 5.92 Å². The van der Waals surface area contributed by atoms with Crippen LogP contribution in [-0.2, 0) is 4.79 Å². The van der Waals surface area contributed by atoms with Gasteiger partial charge < -0.3 is 10.0 Å². The maximum atomic E-state index is 10.6. The zero-order chi connectivity index (χ0) is 9.14. The van der Waals surface area contributed by atoms with E-state index >= 15 is 0 Å². The highest BCUT2D eigenvalue weighted by molar-refractivity contribution is 5.70. The maximum Gasteiger partial charge on any atom is 0.306 e. The van der Waals surface area contributed by atoms with Crippen LogP contribution >= 0.6 is 0 Å². The standard InChI is InChI=1S/C9H17NO2/c1-3-4-10-5-8(6-10)7(2)9(11)12/h7-8H,3-6H2,1-2H3,(H,11,12). The van der Waals surface area contributed by atoms with Crippen LogP contribution in [-0.4, -0.2) is 35.6 Å². The second kappa shape index (κ2) is 3.90. The summed E-state index contributed by atoms with van der Waals surface area (Å²) in [6.07, 6.45) is 1.16. The Morgan fingerprint density at radius 1 is 1.67 bits per heavy atom. The van der Waals surface area contributed by atoms with Crippen molar-refractivity contribution in [2.45, 2.75) is 20.3 Å². The van der Waals surface area contributed by atoms with Crippen LogP contribution in [0.15, 0.2) is 0 Å². The molecule has 0 bridgehead atoms. The smallest absolute Gasteiger partial charge is 0.306 e. The minimum Gasteiger partial charge on any atom is -0.481 e. The molecule has 0 saturated carbocycles. The lowest BCUT2D eigenvalue weighted by Crippen LogP contribution is -2.50. The molecular weight excluding hydrogens is 154 g/mol. The van der Waals surface area contributed by atoms with Crippen LogP contribution in [0.5, 0.6) is 0 Å². The lowest BCUT2D eigenvalue weighted by molar-refractivity contribution is -0.145. The lowest BCUT2D eigenvalue weighted by atomic mass is 9.87. The van der Waals surface area contributed by atoms with Crippen molar-refractivity contribution in [3.8, 4) is 0 Å². The first-order valence-electron chi connectivity index (χ1n) is 4.60. The summed E-state index contributed by atoms with van der Waals surface area (Å²) in [5, 5.41) is 8.72. The van der Waals surface area contributed by atoms with Gasteiger partial charge in [0.05, 0.1) is 5.92 Å². The molecular formula is C9H17NO2. The van der Waals surface area contributed by atoms with Gasteiger partial charge in [-0.25, -0.2) is 0 Å². The summed E-state index contributed by atoms with van der Waals surface area (Å²) in [6, 6.07) is 0. The van der Waals surface area contributed by atoms with Crippen molar-refractivity contribution >= 4 is 5.97 Å². The van der Waals surface area contributed by atoms with E-state index in [9.17, 15) is 4.79 Å². The molecule has 0 aliphatic carbocycles. The Labute approximate surface area is 73.4 Å². The highest BCUT2D eigenvalue weighted by Crippen LogP contribution is 2.23. The number of carboxylic acids is 1. The van der Waals surface area contributed by atoms with Crippen LogP contribution in [0, 0.1) is 11.8 Å². The van der Waals surface area contributed by atoms with Crippen LogP contribution < -0.4 is 0 Å². The van der Waals surface area contributed by atoms with Gasteiger partial charge in [0.25, 0.3) is 0 Å². The normalized spacial score (nSPS) is 21.8. The molecule has 0 aromatic carbocycles. The molecule has 1 N–H and O–H groups in total. The summed E-state index contributed by atoms with van der Waals surface area (Å²) in [5.74, 6) is -0.441. The summed E-state index contributed by atoms with van der Waals surface area (Å²) in [4.78, 5) is 12.9. The fraction of sp³-hybridized carbons (Fsp3) is 0.889. The Balaban J connectivity index is 2.20. The van der Waals surface area contributed by atoms with Crippen molar-refractivity contribution in [2.75, 3.05) is 19.6 Å². The highest BCUT2D eigenvalue weighted by atomic mass is 16.4. The van der Waals surface area contributed by atoms with Crippen LogP contribution in [0.4, 0.5) is 0 Å². The summed E-state index contributed by atoms with van der Waals surface area (Å²) in [5.41, 5.74) is 0. The Bertz CT molecular complexity index is 164. The maximum absolute atomic E-state index is 10.6. The minimum absolute atomic E-state index is 0.168. The molecule has 1 unspecified atom stereocenters. The van der Waals surface area contributed by atoms with Crippen molar-refractivity contribution in [3.05, 3.63) is 0 Å². The van der Waals surface area contributed by atoms with E-state index in [1.807, 2.05) is 0 Å². The van der Waals surface area contributed by atoms with E-state index in [2.05, 4.69) is 11.8 Å². The monoisotopic (exact) mass is 171 g/mol. The van der Waals surface area contributed by atoms with Gasteiger partial charge in [-0.2, -0.15) is 0 Å². The molecule has 3 heteroatoms. The van der Waals surface area contributed by atoms with Gasteiger partial charge in [-0.3, -0.25) is 4.79 Å². The number of aliphatic carboxylic acids is 1. The second-order valence-electron chi connectivity index (χ2n) is 3.65. The first-order chi connectivity index (χ1) is 5.65. The third-order valence-corrected chi connectivity index (χ3v) is 2.62. The van der Waals surface area contributed by atoms with Gasteiger partial charge in [0.2, 0.25) is 0 Å². The van der Waals surface area contributed by atoms with Gasteiger partial charge in [-0.05, 0) is 18.9 Å². The Morgan fingerprint density at radius 3 is 2.67 bits per heavy atom. The van der Waals surface area contributed by atoms with Crippen LogP contribution in [0.2, 0.25) is 0 Å². The lowest BCUT2D eigenvalue weighted by Gasteiger charge is -2.41. The zero-order valence-electron chi connectivity index (χ0n) is 7.79. The predicted octanol–water partition coefficient (Wildman–Crippen LogP) is 1.05. The molecule has 1 aliphatic heterocycles. The molecule has 0 amide bonds. The molecule has 0 aromatic heterocycles. The summed E-state index contributed by atoms with van der Waals surface area (Å²) in [6.45, 7) is 7.01. The fourth-order valence-corrected chi connectivity index (χ4v) is 1.63. The third-order valence-electron chi connectivity index (χ3n) is 2.62. The molecule has 1 aliphatic rings. The van der Waals surface area contributed by atoms with E-state index in [0.717, 1.165) is 26.1 Å². The van der Waals surface area contributed by atoms with Gasteiger partial charge in [0.15, 0.2) is 0 Å². The van der Waals surface area contributed by atoms with Crippen LogP contribution in [0.25, 0.3) is 0 Å². The molecule has 12 heavy (non-hydrogen) atoms. The van der Waals surface area contributed by atoms with Gasteiger partial charge >= 0.3 is 5.97 Å². The number of carbonyl (C=O) groups is 1. The second-order valence-corrected chi connectivity index (χ2v) is 3.65. The summed E-state index contributed by atoms with van der Waals surface area (Å²) < 4.78 is 0. The van der Waals surface area contributed by atoms with Gasteiger partial charge in [-0.1, -0.05) is 13.8 Å². The average molecular weight is 171 g/mol. The fourth-order valence-electron chi connectivity index (χ4n) is 1.63. The number of carboxylic acid groups (broad SMARTS) is 1. The van der Waals surface area contributed by atoms with E-state index in [0.29, 0.717) is 5.92 Å². The Kier molecular flexibility index (Phi) is 3.09. The van der Waals surface area contributed by atoms with Crippen molar-refractivity contribution in [1.82, 2.24) is 4.90 Å². The van der Waals surface area contributed by atoms with E-state index in [1.54, 1.807) is 6.92 Å². The third kappa shape index (κ3) is 1.97. The number of nitrogens with zero attached hydrogens (tertiary/aromatic N) is 1. The van der Waals surface area contributed by atoms with E-state index in [1.165, 1.54) is 0 Å². The van der Waals surface area contributed by atoms with E-state index < -0.39 is 5.97 Å². The topological polar surface area (TPSA) is 40.5 Å². The highest BCUT2D eigenvalue weighted by Gasteiger charge is 2.33. The predicted molar refractivity (Wildman–Crippen MR) is 47.0 cm³/mol. The quantitative estimate of drug-likeness (QED) is 0.687. The number of hydrogen-bond acceptors (Lipinski definition) is 2. The van der Waals surface area contributed by atoms with Crippen molar-refractivity contribution in [3.63, 3.8) is 0 Å². The van der Waals surface area contributed by atoms with Crippen molar-refractivity contribution in [1.29, 1.82) is 0 Å². The molecule has 1 heterocycles. The summed E-state index contributed by atoms with van der Waals surface area (Å²) >= 11 is 0. The molecule has 1 saturated heterocycles. The molecule has 1 fully saturated rings. The first kappa shape index (κ1) is 9.52. The number of likely N-dealkylation sites (tertiary alicyclic amines) is 1. The van der Waals surface area contributed by atoms with E-state index in [4.69, 9.17) is 5.11 Å². The number of hydrogen-bond donors (Lipinski definition) is 1. The van der Waals surface area contributed by atoms with Crippen molar-refractivity contribution < 1.29 is 9.90 Å². The molecule has 70 valence electrons. The Morgan fingerprint density at radius 2 is 2.25 bits per heavy atom. The number of rotatable bonds is 4. The first-order valence-corrected chi connectivity index (χ1v) is 4.60. The van der Waals surface area contributed by atoms with Crippen LogP contribution in [0.1, 0.15) is 20.3 Å². The SMILES string of the molecule is CCCN1CC(C(C)C(=O)O)C1. The molecule has 1 rings (SSSR count). The molecule has 3 nitrogen and oxygen atoms in total. The van der Waals surface area contributed by atoms with Gasteiger partial charge in [-0.15, -0.1) is 0 Å². The minimum atomic E-state index is -0.656. The van der Waals surface area contributed by atoms with Crippen LogP contribution in [0.3, 0.4) is 0 Å². The summed E-state index contributed by atoms with van der Waals surface area (Å²) in [7, 11) is 0. The molecule has 1 atom stereocenters. The Hall–Kier alpha value is -0.570. The van der Waals surface area contributed by atoms with Gasteiger partial charge in [0, 0.05) is 13.1 Å². The average Bonchev–Trinajstić information content (AvgIpc) is 1.94.